The normalized spacial score (nSPS) is 13.3. The first-order valence-corrected chi connectivity index (χ1v) is 9.34. The van der Waals surface area contributed by atoms with E-state index in [1.54, 1.807) is 14.0 Å². The molecule has 1 atom stereocenters. The van der Waals surface area contributed by atoms with Crippen LogP contribution in [0.5, 0.6) is 0 Å². The van der Waals surface area contributed by atoms with Gasteiger partial charge in [-0.3, -0.25) is 0 Å². The van der Waals surface area contributed by atoms with Crippen molar-refractivity contribution >= 4 is 13.5 Å². The smallest absolute Gasteiger partial charge is 0.154 e. The van der Waals surface area contributed by atoms with Crippen molar-refractivity contribution in [1.82, 2.24) is 0 Å². The molecule has 0 heterocycles. The molecule has 0 aliphatic heterocycles. The highest BCUT2D eigenvalue weighted by Crippen LogP contribution is 2.19. The van der Waals surface area contributed by atoms with Gasteiger partial charge < -0.3 is 14.3 Å². The largest absolute Gasteiger partial charge is 0.382 e. The van der Waals surface area contributed by atoms with Crippen LogP contribution in [0.15, 0.2) is 30.3 Å². The van der Waals surface area contributed by atoms with Gasteiger partial charge in [0.05, 0.1) is 6.61 Å². The summed E-state index contributed by atoms with van der Waals surface area (Å²) in [6.07, 6.45) is 0.438. The monoisotopic (exact) mass is 266 g/mol. The van der Waals surface area contributed by atoms with Crippen molar-refractivity contribution in [3.05, 3.63) is 35.9 Å². The van der Waals surface area contributed by atoms with Gasteiger partial charge in [-0.15, -0.1) is 0 Å². The number of carbonyl (C=O) groups excluding carboxylic acids is 1. The van der Waals surface area contributed by atoms with Gasteiger partial charge in [0, 0.05) is 13.3 Å². The first kappa shape index (κ1) is 15.1. The fourth-order valence-electron chi connectivity index (χ4n) is 1.47. The Hall–Kier alpha value is -0.973. The quantitative estimate of drug-likeness (QED) is 0.712. The third-order valence-corrected chi connectivity index (χ3v) is 5.88. The highest BCUT2D eigenvalue weighted by atomic mass is 28.3. The average molecular weight is 266 g/mol. The average Bonchev–Trinajstić information content (AvgIpc) is 2.35. The molecule has 3 nitrogen and oxygen atoms in total. The minimum Gasteiger partial charge on any atom is -0.382 e. The maximum atomic E-state index is 11.5. The van der Waals surface area contributed by atoms with Crippen LogP contribution in [0.2, 0.25) is 13.1 Å². The van der Waals surface area contributed by atoms with Gasteiger partial charge in [-0.2, -0.15) is 0 Å². The summed E-state index contributed by atoms with van der Waals surface area (Å²) in [4.78, 5) is 11.5. The number of hydrogen-bond donors (Lipinski definition) is 0. The second-order valence-electron chi connectivity index (χ2n) is 5.11. The summed E-state index contributed by atoms with van der Waals surface area (Å²) in [6, 6.07) is 9.98. The predicted molar refractivity (Wildman–Crippen MR) is 75.2 cm³/mol. The summed E-state index contributed by atoms with van der Waals surface area (Å²) < 4.78 is 11.1. The number of ether oxygens (including phenoxy) is 2. The van der Waals surface area contributed by atoms with Crippen molar-refractivity contribution in [2.45, 2.75) is 26.1 Å². The second kappa shape index (κ2) is 6.83. The van der Waals surface area contributed by atoms with Crippen molar-refractivity contribution in [3.8, 4) is 0 Å². The first-order valence-electron chi connectivity index (χ1n) is 6.14. The molecule has 0 aromatic heterocycles. The van der Waals surface area contributed by atoms with Crippen molar-refractivity contribution < 1.29 is 14.3 Å². The van der Waals surface area contributed by atoms with Crippen LogP contribution in [0, 0.1) is 0 Å². The Labute approximate surface area is 110 Å². The molecule has 0 radical (unpaired) electrons. The SMILES string of the molecule is COC[C@@H](OC[Si](C)(C)C(C)=O)c1ccccc1. The fourth-order valence-corrected chi connectivity index (χ4v) is 2.29. The Balaban J connectivity index is 2.68. The second-order valence-corrected chi connectivity index (χ2v) is 9.87. The number of methoxy groups -OCH3 is 1. The maximum Gasteiger partial charge on any atom is 0.154 e. The Morgan fingerprint density at radius 2 is 1.89 bits per heavy atom. The van der Waals surface area contributed by atoms with Gasteiger partial charge in [-0.05, 0) is 12.5 Å². The fraction of sp³-hybridized carbons (Fsp3) is 0.500. The molecule has 0 spiro atoms. The van der Waals surface area contributed by atoms with Gasteiger partial charge in [0.1, 0.15) is 11.5 Å². The maximum absolute atomic E-state index is 11.5. The molecule has 0 bridgehead atoms. The van der Waals surface area contributed by atoms with Crippen LogP contribution in [-0.2, 0) is 14.3 Å². The lowest BCUT2D eigenvalue weighted by atomic mass is 10.1. The molecule has 1 aromatic rings. The van der Waals surface area contributed by atoms with Crippen LogP contribution >= 0.6 is 0 Å². The molecular weight excluding hydrogens is 244 g/mol. The standard InChI is InChI=1S/C14H22O3Si/c1-12(15)18(3,4)11-17-14(10-16-2)13-8-6-5-7-9-13/h5-9,14H,10-11H2,1-4H3/t14-/m1/s1. The molecule has 0 aliphatic carbocycles. The molecule has 0 fully saturated rings. The predicted octanol–water partition coefficient (Wildman–Crippen LogP) is 2.77. The van der Waals surface area contributed by atoms with Gasteiger partial charge >= 0.3 is 0 Å². The van der Waals surface area contributed by atoms with Crippen LogP contribution in [0.25, 0.3) is 0 Å². The highest BCUT2D eigenvalue weighted by molar-refractivity contribution is 7.04. The molecule has 0 saturated carbocycles. The van der Waals surface area contributed by atoms with Crippen LogP contribution in [0.4, 0.5) is 0 Å². The van der Waals surface area contributed by atoms with E-state index in [4.69, 9.17) is 9.47 Å². The number of hydrogen-bond acceptors (Lipinski definition) is 3. The number of benzene rings is 1. The minimum atomic E-state index is -1.92. The summed E-state index contributed by atoms with van der Waals surface area (Å²) in [5.74, 6) is 0. The molecule has 0 unspecified atom stereocenters. The molecule has 0 aliphatic rings. The van der Waals surface area contributed by atoms with E-state index in [0.29, 0.717) is 12.8 Å². The van der Waals surface area contributed by atoms with Gasteiger partial charge in [0.25, 0.3) is 0 Å². The molecule has 0 N–H and O–H groups in total. The summed E-state index contributed by atoms with van der Waals surface area (Å²) in [6.45, 7) is 6.23. The molecule has 4 heteroatoms. The zero-order chi connectivity index (χ0) is 13.6. The number of rotatable bonds is 7. The summed E-state index contributed by atoms with van der Waals surface area (Å²) >= 11 is 0. The highest BCUT2D eigenvalue weighted by Gasteiger charge is 2.29. The molecule has 1 aromatic carbocycles. The molecular formula is C14H22O3Si. The third-order valence-electron chi connectivity index (χ3n) is 3.09. The van der Waals surface area contributed by atoms with E-state index in [2.05, 4.69) is 0 Å². The van der Waals surface area contributed by atoms with Crippen LogP contribution in [0.3, 0.4) is 0 Å². The number of carbonyl (C=O) groups is 1. The molecule has 1 rings (SSSR count). The van der Waals surface area contributed by atoms with Gasteiger partial charge in [0.2, 0.25) is 0 Å². The zero-order valence-corrected chi connectivity index (χ0v) is 12.6. The zero-order valence-electron chi connectivity index (χ0n) is 11.6. The Morgan fingerprint density at radius 1 is 1.28 bits per heavy atom. The lowest BCUT2D eigenvalue weighted by molar-refractivity contribution is -0.111. The van der Waals surface area contributed by atoms with E-state index in [1.165, 1.54) is 0 Å². The van der Waals surface area contributed by atoms with Crippen LogP contribution in [0.1, 0.15) is 18.6 Å². The van der Waals surface area contributed by atoms with E-state index in [9.17, 15) is 4.79 Å². The van der Waals surface area contributed by atoms with Crippen LogP contribution in [-0.4, -0.2) is 33.4 Å². The lowest BCUT2D eigenvalue weighted by Crippen LogP contribution is -2.42. The van der Waals surface area contributed by atoms with Gasteiger partial charge in [0.15, 0.2) is 8.07 Å². The van der Waals surface area contributed by atoms with E-state index < -0.39 is 8.07 Å². The molecule has 18 heavy (non-hydrogen) atoms. The lowest BCUT2D eigenvalue weighted by Gasteiger charge is -2.23. The van der Waals surface area contributed by atoms with E-state index in [1.807, 2.05) is 43.4 Å². The van der Waals surface area contributed by atoms with E-state index in [-0.39, 0.29) is 11.5 Å². The Kier molecular flexibility index (Phi) is 5.72. The van der Waals surface area contributed by atoms with Crippen LogP contribution < -0.4 is 0 Å². The van der Waals surface area contributed by atoms with Crippen molar-refractivity contribution in [2.75, 3.05) is 19.9 Å². The Bertz CT molecular complexity index is 376. The van der Waals surface area contributed by atoms with Crippen molar-refractivity contribution in [2.24, 2.45) is 0 Å². The first-order chi connectivity index (χ1) is 8.47. The van der Waals surface area contributed by atoms with Crippen molar-refractivity contribution in [1.29, 1.82) is 0 Å². The van der Waals surface area contributed by atoms with E-state index >= 15 is 0 Å². The van der Waals surface area contributed by atoms with E-state index in [0.717, 1.165) is 5.56 Å². The topological polar surface area (TPSA) is 35.5 Å². The van der Waals surface area contributed by atoms with Gasteiger partial charge in [-0.1, -0.05) is 43.4 Å². The summed E-state index contributed by atoms with van der Waals surface area (Å²) in [5.41, 5.74) is 1.09. The molecule has 0 saturated heterocycles. The summed E-state index contributed by atoms with van der Waals surface area (Å²) in [5, 5.41) is 0.270. The third kappa shape index (κ3) is 4.36. The Morgan fingerprint density at radius 3 is 2.39 bits per heavy atom. The molecule has 0 amide bonds. The van der Waals surface area contributed by atoms with Crippen molar-refractivity contribution in [3.63, 3.8) is 0 Å². The minimum absolute atomic E-state index is 0.0951. The summed E-state index contributed by atoms with van der Waals surface area (Å²) in [7, 11) is -0.262. The molecule has 100 valence electrons. The van der Waals surface area contributed by atoms with Gasteiger partial charge in [-0.25, -0.2) is 0 Å².